The lowest BCUT2D eigenvalue weighted by Crippen LogP contribution is -2.15. The first kappa shape index (κ1) is 25.5. The van der Waals surface area contributed by atoms with Crippen LogP contribution in [0.4, 0.5) is 11.4 Å². The quantitative estimate of drug-likeness (QED) is 0.340. The molecule has 0 saturated carbocycles. The molecule has 0 aliphatic rings. The second-order valence-corrected chi connectivity index (χ2v) is 9.71. The van der Waals surface area contributed by atoms with E-state index in [1.54, 1.807) is 43.5 Å². The molecule has 0 spiro atoms. The van der Waals surface area contributed by atoms with Crippen molar-refractivity contribution < 1.29 is 19.1 Å². The van der Waals surface area contributed by atoms with Gasteiger partial charge in [0.05, 0.1) is 12.2 Å². The van der Waals surface area contributed by atoms with Crippen LogP contribution in [0, 0.1) is 0 Å². The average molecular weight is 525 g/mol. The summed E-state index contributed by atoms with van der Waals surface area (Å²) in [6, 6.07) is 19.8. The first-order valence-electron chi connectivity index (χ1n) is 10.9. The zero-order chi connectivity index (χ0) is 24.7. The van der Waals surface area contributed by atoms with Gasteiger partial charge in [0.25, 0.3) is 11.8 Å². The number of carbonyl (C=O) groups excluding carboxylic acids is 2. The third-order valence-electron chi connectivity index (χ3n) is 5.15. The highest BCUT2D eigenvalue weighted by Crippen LogP contribution is 2.25. The summed E-state index contributed by atoms with van der Waals surface area (Å²) in [5.41, 5.74) is 3.42. The van der Waals surface area contributed by atoms with Gasteiger partial charge in [-0.1, -0.05) is 48.8 Å². The Kier molecular flexibility index (Phi) is 8.47. The molecule has 0 unspecified atom stereocenters. The third kappa shape index (κ3) is 6.92. The lowest BCUT2D eigenvalue weighted by molar-refractivity contribution is 0.101. The molecule has 7 heteroatoms. The Labute approximate surface area is 208 Å². The lowest BCUT2D eigenvalue weighted by atomic mass is 9.87. The van der Waals surface area contributed by atoms with Crippen molar-refractivity contribution in [2.24, 2.45) is 0 Å². The Hall–Kier alpha value is -3.16. The second kappa shape index (κ2) is 11.3. The van der Waals surface area contributed by atoms with Gasteiger partial charge in [-0.25, -0.2) is 0 Å². The molecule has 0 radical (unpaired) electrons. The van der Waals surface area contributed by atoms with Gasteiger partial charge >= 0.3 is 0 Å². The number of nitrogens with one attached hydrogen (secondary N) is 2. The summed E-state index contributed by atoms with van der Waals surface area (Å²) in [7, 11) is 1.59. The van der Waals surface area contributed by atoms with E-state index in [0.29, 0.717) is 41.5 Å². The molecule has 0 aliphatic heterocycles. The Morgan fingerprint density at radius 2 is 1.41 bits per heavy atom. The second-order valence-electron chi connectivity index (χ2n) is 8.79. The number of ether oxygens (including phenoxy) is 2. The number of carbonyl (C=O) groups is 2. The third-order valence-corrected chi connectivity index (χ3v) is 5.64. The lowest BCUT2D eigenvalue weighted by Gasteiger charge is -2.19. The molecule has 3 rings (SSSR count). The summed E-state index contributed by atoms with van der Waals surface area (Å²) in [5.74, 6) is -0.0206. The van der Waals surface area contributed by atoms with Gasteiger partial charge in [0, 0.05) is 28.5 Å². The molecular formula is C27H29BrN2O4. The van der Waals surface area contributed by atoms with Crippen LogP contribution in [0.3, 0.4) is 0 Å². The molecule has 0 aromatic heterocycles. The van der Waals surface area contributed by atoms with Crippen molar-refractivity contribution in [2.45, 2.75) is 26.2 Å². The minimum Gasteiger partial charge on any atom is -0.490 e. The standard InChI is InChI=1S/C27H29BrN2O4/c1-27(2,3)19-7-5-18(6-8-19)25(31)29-21-10-12-22(13-11-21)30-26(32)23-17-20(28)9-14-24(23)34-16-15-33-4/h5-14,17H,15-16H2,1-4H3,(H,29,31)(H,30,32). The van der Waals surface area contributed by atoms with E-state index >= 15 is 0 Å². The van der Waals surface area contributed by atoms with E-state index in [9.17, 15) is 9.59 Å². The largest absolute Gasteiger partial charge is 0.490 e. The molecule has 0 atom stereocenters. The molecular weight excluding hydrogens is 496 g/mol. The van der Waals surface area contributed by atoms with Crippen LogP contribution in [0.2, 0.25) is 0 Å². The van der Waals surface area contributed by atoms with Crippen molar-refractivity contribution in [3.63, 3.8) is 0 Å². The summed E-state index contributed by atoms with van der Waals surface area (Å²) in [4.78, 5) is 25.4. The first-order valence-corrected chi connectivity index (χ1v) is 11.7. The van der Waals surface area contributed by atoms with Gasteiger partial charge in [-0.05, 0) is 65.6 Å². The highest BCUT2D eigenvalue weighted by molar-refractivity contribution is 9.10. The molecule has 2 N–H and O–H groups in total. The van der Waals surface area contributed by atoms with Crippen LogP contribution in [-0.4, -0.2) is 32.1 Å². The average Bonchev–Trinajstić information content (AvgIpc) is 2.81. The smallest absolute Gasteiger partial charge is 0.259 e. The number of amides is 2. The molecule has 0 heterocycles. The summed E-state index contributed by atoms with van der Waals surface area (Å²) in [6.07, 6.45) is 0. The van der Waals surface area contributed by atoms with Crippen molar-refractivity contribution in [3.8, 4) is 5.75 Å². The van der Waals surface area contributed by atoms with E-state index in [1.807, 2.05) is 30.3 Å². The van der Waals surface area contributed by atoms with Gasteiger partial charge in [-0.15, -0.1) is 0 Å². The predicted octanol–water partition coefficient (Wildman–Crippen LogP) is 6.28. The van der Waals surface area contributed by atoms with Gasteiger partial charge in [-0.3, -0.25) is 9.59 Å². The van der Waals surface area contributed by atoms with E-state index in [4.69, 9.17) is 9.47 Å². The monoisotopic (exact) mass is 524 g/mol. The highest BCUT2D eigenvalue weighted by atomic mass is 79.9. The molecule has 178 valence electrons. The topological polar surface area (TPSA) is 76.7 Å². The zero-order valence-electron chi connectivity index (χ0n) is 19.8. The molecule has 6 nitrogen and oxygen atoms in total. The Balaban J connectivity index is 1.64. The summed E-state index contributed by atoms with van der Waals surface area (Å²) >= 11 is 3.40. The maximum Gasteiger partial charge on any atom is 0.259 e. The zero-order valence-corrected chi connectivity index (χ0v) is 21.4. The van der Waals surface area contributed by atoms with Crippen molar-refractivity contribution in [1.29, 1.82) is 0 Å². The minimum absolute atomic E-state index is 0.0297. The number of methoxy groups -OCH3 is 1. The predicted molar refractivity (Wildman–Crippen MR) is 139 cm³/mol. The van der Waals surface area contributed by atoms with Gasteiger partial charge in [0.15, 0.2) is 0 Å². The fourth-order valence-corrected chi connectivity index (χ4v) is 3.56. The molecule has 0 aliphatic carbocycles. The SMILES string of the molecule is COCCOc1ccc(Br)cc1C(=O)Nc1ccc(NC(=O)c2ccc(C(C)(C)C)cc2)cc1. The van der Waals surface area contributed by atoms with Gasteiger partial charge < -0.3 is 20.1 Å². The van der Waals surface area contributed by atoms with E-state index in [-0.39, 0.29) is 17.2 Å². The summed E-state index contributed by atoms with van der Waals surface area (Å²) in [5, 5.41) is 5.75. The van der Waals surface area contributed by atoms with Crippen molar-refractivity contribution in [3.05, 3.63) is 87.9 Å². The van der Waals surface area contributed by atoms with Crippen LogP contribution in [-0.2, 0) is 10.2 Å². The first-order chi connectivity index (χ1) is 16.2. The molecule has 3 aromatic rings. The normalized spacial score (nSPS) is 11.1. The number of rotatable bonds is 8. The van der Waals surface area contributed by atoms with E-state index < -0.39 is 0 Å². The maximum absolute atomic E-state index is 12.9. The maximum atomic E-state index is 12.9. The highest BCUT2D eigenvalue weighted by Gasteiger charge is 2.16. The van der Waals surface area contributed by atoms with Crippen molar-refractivity contribution >= 4 is 39.1 Å². The number of halogens is 1. The molecule has 3 aromatic carbocycles. The number of benzene rings is 3. The molecule has 0 saturated heterocycles. The fraction of sp³-hybridized carbons (Fsp3) is 0.259. The Morgan fingerprint density at radius 1 is 0.824 bits per heavy atom. The van der Waals surface area contributed by atoms with Crippen LogP contribution in [0.1, 0.15) is 47.1 Å². The van der Waals surface area contributed by atoms with Crippen LogP contribution >= 0.6 is 15.9 Å². The van der Waals surface area contributed by atoms with Gasteiger partial charge in [0.2, 0.25) is 0 Å². The number of hydrogen-bond donors (Lipinski definition) is 2. The van der Waals surface area contributed by atoms with Crippen LogP contribution in [0.15, 0.2) is 71.2 Å². The van der Waals surface area contributed by atoms with E-state index in [0.717, 1.165) is 4.47 Å². The van der Waals surface area contributed by atoms with Crippen LogP contribution < -0.4 is 15.4 Å². The van der Waals surface area contributed by atoms with Crippen LogP contribution in [0.25, 0.3) is 0 Å². The molecule has 2 amide bonds. The van der Waals surface area contributed by atoms with Gasteiger partial charge in [-0.2, -0.15) is 0 Å². The minimum atomic E-state index is -0.301. The van der Waals surface area contributed by atoms with Crippen molar-refractivity contribution in [1.82, 2.24) is 0 Å². The molecule has 0 bridgehead atoms. The fourth-order valence-electron chi connectivity index (χ4n) is 3.20. The van der Waals surface area contributed by atoms with Gasteiger partial charge in [0.1, 0.15) is 12.4 Å². The molecule has 34 heavy (non-hydrogen) atoms. The van der Waals surface area contributed by atoms with E-state index in [2.05, 4.69) is 47.3 Å². The Morgan fingerprint density at radius 3 is 1.97 bits per heavy atom. The molecule has 0 fully saturated rings. The Bertz CT molecular complexity index is 1140. The number of anilines is 2. The summed E-state index contributed by atoms with van der Waals surface area (Å²) in [6.45, 7) is 7.16. The van der Waals surface area contributed by atoms with Crippen LogP contribution in [0.5, 0.6) is 5.75 Å². The van der Waals surface area contributed by atoms with E-state index in [1.165, 1.54) is 5.56 Å². The van der Waals surface area contributed by atoms with Crippen molar-refractivity contribution in [2.75, 3.05) is 31.0 Å². The summed E-state index contributed by atoms with van der Waals surface area (Å²) < 4.78 is 11.4. The number of hydrogen-bond acceptors (Lipinski definition) is 4.